The number of nitrogens with zero attached hydrogens (tertiary/aromatic N) is 3. The van der Waals surface area contributed by atoms with Crippen molar-refractivity contribution in [1.82, 2.24) is 15.5 Å². The second-order valence-corrected chi connectivity index (χ2v) is 7.83. The van der Waals surface area contributed by atoms with E-state index >= 15 is 0 Å². The highest BCUT2D eigenvalue weighted by atomic mass is 35.5. The lowest BCUT2D eigenvalue weighted by molar-refractivity contribution is -0.121. The Hall–Kier alpha value is -2.04. The normalized spacial score (nSPS) is 14.6. The van der Waals surface area contributed by atoms with Gasteiger partial charge in [-0.15, -0.1) is 10.2 Å². The standard InChI is InChI=1S/C17H19ClN4O2S/c1-10(2)17(4,9-19)20-14(23)11(3)25-16-22-21-15(24-16)12-5-7-13(18)8-6-12/h5-8,10-11H,1-4H3,(H,20,23)/t11-,17-/m0/s1. The Labute approximate surface area is 156 Å². The van der Waals surface area contributed by atoms with E-state index in [1.165, 1.54) is 0 Å². The zero-order valence-corrected chi connectivity index (χ0v) is 16.0. The van der Waals surface area contributed by atoms with Gasteiger partial charge in [-0.3, -0.25) is 4.79 Å². The lowest BCUT2D eigenvalue weighted by Gasteiger charge is -2.28. The molecule has 0 saturated heterocycles. The van der Waals surface area contributed by atoms with Crippen molar-refractivity contribution < 1.29 is 9.21 Å². The fourth-order valence-corrected chi connectivity index (χ4v) is 2.64. The van der Waals surface area contributed by atoms with E-state index in [1.807, 2.05) is 13.8 Å². The van der Waals surface area contributed by atoms with Crippen LogP contribution < -0.4 is 5.32 Å². The van der Waals surface area contributed by atoms with Crippen molar-refractivity contribution in [2.75, 3.05) is 0 Å². The van der Waals surface area contributed by atoms with Crippen LogP contribution in [0, 0.1) is 17.2 Å². The number of nitriles is 1. The summed E-state index contributed by atoms with van der Waals surface area (Å²) in [6.07, 6.45) is 0. The molecule has 1 heterocycles. The van der Waals surface area contributed by atoms with E-state index < -0.39 is 10.8 Å². The molecule has 1 aromatic carbocycles. The van der Waals surface area contributed by atoms with E-state index in [-0.39, 0.29) is 17.0 Å². The molecule has 1 aromatic heterocycles. The lowest BCUT2D eigenvalue weighted by atomic mass is 9.90. The zero-order chi connectivity index (χ0) is 18.6. The van der Waals surface area contributed by atoms with Gasteiger partial charge in [0.1, 0.15) is 5.54 Å². The number of halogens is 1. The molecule has 0 radical (unpaired) electrons. The van der Waals surface area contributed by atoms with Crippen LogP contribution >= 0.6 is 23.4 Å². The number of carbonyl (C=O) groups is 1. The summed E-state index contributed by atoms with van der Waals surface area (Å²) in [6.45, 7) is 7.21. The third-order valence-corrected chi connectivity index (χ3v) is 5.10. The minimum atomic E-state index is -0.921. The first-order valence-corrected chi connectivity index (χ1v) is 9.00. The maximum Gasteiger partial charge on any atom is 0.277 e. The number of thioether (sulfide) groups is 1. The molecule has 0 aliphatic heterocycles. The van der Waals surface area contributed by atoms with Crippen LogP contribution in [-0.4, -0.2) is 26.9 Å². The number of carbonyl (C=O) groups excluding carboxylic acids is 1. The molecule has 1 amide bonds. The summed E-state index contributed by atoms with van der Waals surface area (Å²) >= 11 is 7.00. The van der Waals surface area contributed by atoms with Gasteiger partial charge in [0.25, 0.3) is 5.22 Å². The van der Waals surface area contributed by atoms with Crippen LogP contribution in [-0.2, 0) is 4.79 Å². The molecule has 0 aliphatic rings. The molecule has 0 unspecified atom stereocenters. The van der Waals surface area contributed by atoms with Crippen molar-refractivity contribution in [2.24, 2.45) is 5.92 Å². The molecule has 6 nitrogen and oxygen atoms in total. The number of hydrogen-bond acceptors (Lipinski definition) is 6. The smallest absolute Gasteiger partial charge is 0.277 e. The maximum absolute atomic E-state index is 12.4. The number of nitrogens with one attached hydrogen (secondary N) is 1. The second kappa shape index (κ2) is 7.89. The van der Waals surface area contributed by atoms with Gasteiger partial charge >= 0.3 is 0 Å². The molecule has 1 N–H and O–H groups in total. The third kappa shape index (κ3) is 4.74. The number of hydrogen-bond donors (Lipinski definition) is 1. The summed E-state index contributed by atoms with van der Waals surface area (Å²) in [5.41, 5.74) is -0.174. The minimum absolute atomic E-state index is 0.0152. The summed E-state index contributed by atoms with van der Waals surface area (Å²) in [5.74, 6) is 0.0865. The molecular formula is C17H19ClN4O2S. The predicted octanol–water partition coefficient (Wildman–Crippen LogP) is 3.93. The van der Waals surface area contributed by atoms with Gasteiger partial charge < -0.3 is 9.73 Å². The average molecular weight is 379 g/mol. The fraction of sp³-hybridized carbons (Fsp3) is 0.412. The third-order valence-electron chi connectivity index (χ3n) is 3.91. The van der Waals surface area contributed by atoms with Crippen LogP contribution in [0.4, 0.5) is 0 Å². The van der Waals surface area contributed by atoms with Gasteiger partial charge in [0.15, 0.2) is 0 Å². The molecule has 8 heteroatoms. The van der Waals surface area contributed by atoms with Gasteiger partial charge in [-0.25, -0.2) is 0 Å². The van der Waals surface area contributed by atoms with Gasteiger partial charge in [-0.05, 0) is 44.0 Å². The van der Waals surface area contributed by atoms with Crippen LogP contribution in [0.2, 0.25) is 5.02 Å². The Balaban J connectivity index is 2.04. The Kier molecular flexibility index (Phi) is 6.09. The Morgan fingerprint density at radius 2 is 1.96 bits per heavy atom. The van der Waals surface area contributed by atoms with E-state index in [0.717, 1.165) is 17.3 Å². The molecule has 2 atom stereocenters. The van der Waals surface area contributed by atoms with Crippen molar-refractivity contribution in [3.63, 3.8) is 0 Å². The van der Waals surface area contributed by atoms with E-state index in [1.54, 1.807) is 38.1 Å². The molecule has 0 spiro atoms. The van der Waals surface area contributed by atoms with E-state index in [2.05, 4.69) is 21.6 Å². The van der Waals surface area contributed by atoms with Gasteiger partial charge in [-0.1, -0.05) is 37.2 Å². The summed E-state index contributed by atoms with van der Waals surface area (Å²) < 4.78 is 5.59. The molecule has 2 rings (SSSR count). The second-order valence-electron chi connectivity index (χ2n) is 6.10. The molecule has 0 fully saturated rings. The highest BCUT2D eigenvalue weighted by molar-refractivity contribution is 8.00. The first-order valence-electron chi connectivity index (χ1n) is 7.74. The lowest BCUT2D eigenvalue weighted by Crippen LogP contribution is -2.51. The Morgan fingerprint density at radius 1 is 1.32 bits per heavy atom. The number of rotatable bonds is 6. The van der Waals surface area contributed by atoms with Crippen LogP contribution in [0.5, 0.6) is 0 Å². The van der Waals surface area contributed by atoms with Gasteiger partial charge in [-0.2, -0.15) is 5.26 Å². The molecule has 0 aliphatic carbocycles. The first-order chi connectivity index (χ1) is 11.7. The number of benzene rings is 1. The van der Waals surface area contributed by atoms with Crippen molar-refractivity contribution in [2.45, 2.75) is 43.7 Å². The SMILES string of the molecule is CC(C)[C@](C)(C#N)NC(=O)[C@H](C)Sc1nnc(-c2ccc(Cl)cc2)o1. The van der Waals surface area contributed by atoms with Crippen LogP contribution in [0.1, 0.15) is 27.7 Å². The predicted molar refractivity (Wildman–Crippen MR) is 97.1 cm³/mol. The minimum Gasteiger partial charge on any atom is -0.411 e. The van der Waals surface area contributed by atoms with Crippen molar-refractivity contribution in [1.29, 1.82) is 5.26 Å². The molecule has 25 heavy (non-hydrogen) atoms. The van der Waals surface area contributed by atoms with Crippen LogP contribution in [0.15, 0.2) is 33.9 Å². The van der Waals surface area contributed by atoms with Crippen LogP contribution in [0.3, 0.4) is 0 Å². The van der Waals surface area contributed by atoms with Gasteiger partial charge in [0, 0.05) is 10.6 Å². The fourth-order valence-electron chi connectivity index (χ4n) is 1.83. The van der Waals surface area contributed by atoms with Gasteiger partial charge in [0.2, 0.25) is 11.8 Å². The highest BCUT2D eigenvalue weighted by Crippen LogP contribution is 2.27. The quantitative estimate of drug-likeness (QED) is 0.766. The topological polar surface area (TPSA) is 91.8 Å². The number of amides is 1. The largest absolute Gasteiger partial charge is 0.411 e. The van der Waals surface area contributed by atoms with E-state index in [9.17, 15) is 10.1 Å². The Morgan fingerprint density at radius 3 is 2.52 bits per heavy atom. The summed E-state index contributed by atoms with van der Waals surface area (Å²) in [5, 5.41) is 20.5. The maximum atomic E-state index is 12.4. The van der Waals surface area contributed by atoms with E-state index in [4.69, 9.17) is 16.0 Å². The monoisotopic (exact) mass is 378 g/mol. The molecule has 132 valence electrons. The first kappa shape index (κ1) is 19.3. The number of aromatic nitrogens is 2. The van der Waals surface area contributed by atoms with Gasteiger partial charge in [0.05, 0.1) is 11.3 Å². The van der Waals surface area contributed by atoms with Crippen LogP contribution in [0.25, 0.3) is 11.5 Å². The Bertz CT molecular complexity index is 785. The van der Waals surface area contributed by atoms with Crippen molar-refractivity contribution in [3.8, 4) is 17.5 Å². The average Bonchev–Trinajstić information content (AvgIpc) is 3.03. The molecule has 0 bridgehead atoms. The van der Waals surface area contributed by atoms with E-state index in [0.29, 0.717) is 10.9 Å². The molecular weight excluding hydrogens is 360 g/mol. The summed E-state index contributed by atoms with van der Waals surface area (Å²) in [7, 11) is 0. The van der Waals surface area contributed by atoms with Crippen molar-refractivity contribution >= 4 is 29.3 Å². The summed E-state index contributed by atoms with van der Waals surface area (Å²) in [4.78, 5) is 12.4. The zero-order valence-electron chi connectivity index (χ0n) is 14.4. The molecule has 2 aromatic rings. The van der Waals surface area contributed by atoms with Crippen molar-refractivity contribution in [3.05, 3.63) is 29.3 Å². The highest BCUT2D eigenvalue weighted by Gasteiger charge is 2.32. The summed E-state index contributed by atoms with van der Waals surface area (Å²) in [6, 6.07) is 9.18. The molecule has 0 saturated carbocycles.